The van der Waals surface area contributed by atoms with Crippen molar-refractivity contribution >= 4 is 35.1 Å². The Morgan fingerprint density at radius 2 is 1.23 bits per heavy atom. The molecule has 6 nitrogen and oxygen atoms in total. The first-order valence-corrected chi connectivity index (χ1v) is 11.8. The van der Waals surface area contributed by atoms with E-state index in [1.165, 1.54) is 0 Å². The Labute approximate surface area is 209 Å². The fourth-order valence-corrected chi connectivity index (χ4v) is 4.20. The molecule has 1 amide bonds. The van der Waals surface area contributed by atoms with Gasteiger partial charge in [0, 0.05) is 16.3 Å². The summed E-state index contributed by atoms with van der Waals surface area (Å²) in [6, 6.07) is 19.0. The van der Waals surface area contributed by atoms with Gasteiger partial charge in [-0.15, -0.1) is 0 Å². The van der Waals surface area contributed by atoms with Gasteiger partial charge in [-0.05, 0) is 53.6 Å². The molecule has 1 aliphatic rings. The number of carbonyl (C=O) groups is 3. The molecule has 1 N–H and O–H groups in total. The fourth-order valence-electron chi connectivity index (χ4n) is 4.03. The second-order valence-electron chi connectivity index (χ2n) is 9.09. The van der Waals surface area contributed by atoms with Gasteiger partial charge in [0.1, 0.15) is 16.9 Å². The van der Waals surface area contributed by atoms with Crippen LogP contribution >= 0.6 is 11.6 Å². The van der Waals surface area contributed by atoms with E-state index in [0.717, 1.165) is 0 Å². The normalized spacial score (nSPS) is 14.0. The number of fused-ring (bicyclic) bond motifs is 1. The number of carbonyl (C=O) groups excluding carboxylic acids is 3. The lowest BCUT2D eigenvalue weighted by Crippen LogP contribution is -2.37. The van der Waals surface area contributed by atoms with Crippen molar-refractivity contribution in [1.29, 1.82) is 0 Å². The quantitative estimate of drug-likeness (QED) is 0.351. The molecule has 0 atom stereocenters. The van der Waals surface area contributed by atoms with Crippen molar-refractivity contribution in [2.45, 2.75) is 33.1 Å². The molecule has 0 aliphatic carbocycles. The van der Waals surface area contributed by atoms with Crippen LogP contribution in [-0.4, -0.2) is 17.8 Å². The van der Waals surface area contributed by atoms with Crippen molar-refractivity contribution in [3.05, 3.63) is 88.4 Å². The molecule has 0 spiro atoms. The Balaban J connectivity index is 1.81. The minimum Gasteiger partial charge on any atom is -0.426 e. The van der Waals surface area contributed by atoms with Gasteiger partial charge in [-0.2, -0.15) is 0 Å². The van der Waals surface area contributed by atoms with Crippen LogP contribution in [0, 0.1) is 11.8 Å². The molecule has 0 aromatic heterocycles. The van der Waals surface area contributed by atoms with E-state index in [0.29, 0.717) is 38.9 Å². The number of anilines is 1. The van der Waals surface area contributed by atoms with Gasteiger partial charge in [-0.25, -0.2) is 0 Å². The molecular weight excluding hydrogens is 466 g/mol. The van der Waals surface area contributed by atoms with E-state index in [1.54, 1.807) is 94.4 Å². The first-order chi connectivity index (χ1) is 16.6. The summed E-state index contributed by atoms with van der Waals surface area (Å²) in [6.45, 7) is 7.05. The van der Waals surface area contributed by atoms with Crippen LogP contribution in [0.5, 0.6) is 11.5 Å². The topological polar surface area (TPSA) is 81.7 Å². The molecule has 0 saturated heterocycles. The minimum absolute atomic E-state index is 0.242. The molecule has 0 fully saturated rings. The summed E-state index contributed by atoms with van der Waals surface area (Å²) in [6.07, 6.45) is 0. The third-order valence-corrected chi connectivity index (χ3v) is 6.16. The Morgan fingerprint density at radius 3 is 1.66 bits per heavy atom. The van der Waals surface area contributed by atoms with Crippen molar-refractivity contribution in [2.24, 2.45) is 11.8 Å². The van der Waals surface area contributed by atoms with Crippen LogP contribution in [0.3, 0.4) is 0 Å². The first-order valence-electron chi connectivity index (χ1n) is 11.4. The highest BCUT2D eigenvalue weighted by Crippen LogP contribution is 2.49. The van der Waals surface area contributed by atoms with Crippen LogP contribution in [0.1, 0.15) is 44.4 Å². The van der Waals surface area contributed by atoms with Gasteiger partial charge >= 0.3 is 11.9 Å². The van der Waals surface area contributed by atoms with Gasteiger partial charge in [0.25, 0.3) is 0 Å². The third-order valence-electron chi connectivity index (χ3n) is 5.93. The van der Waals surface area contributed by atoms with E-state index in [-0.39, 0.29) is 29.7 Å². The van der Waals surface area contributed by atoms with E-state index in [9.17, 15) is 14.4 Å². The molecule has 1 heterocycles. The summed E-state index contributed by atoms with van der Waals surface area (Å²) >= 11 is 6.34. The molecular formula is C28H26ClNO5. The van der Waals surface area contributed by atoms with Gasteiger partial charge in [-0.3, -0.25) is 14.4 Å². The van der Waals surface area contributed by atoms with Crippen LogP contribution in [0.15, 0.2) is 66.7 Å². The lowest BCUT2D eigenvalue weighted by atomic mass is 9.70. The van der Waals surface area contributed by atoms with Crippen molar-refractivity contribution in [2.75, 3.05) is 5.32 Å². The molecule has 3 aromatic carbocycles. The number of hydrogen-bond donors (Lipinski definition) is 1. The fraction of sp³-hybridized carbons (Fsp3) is 0.250. The average molecular weight is 492 g/mol. The van der Waals surface area contributed by atoms with E-state index < -0.39 is 5.41 Å². The molecule has 0 unspecified atom stereocenters. The summed E-state index contributed by atoms with van der Waals surface area (Å²) in [5.74, 6) is -0.664. The van der Waals surface area contributed by atoms with Gasteiger partial charge < -0.3 is 14.8 Å². The van der Waals surface area contributed by atoms with Crippen molar-refractivity contribution < 1.29 is 23.9 Å². The molecule has 35 heavy (non-hydrogen) atoms. The van der Waals surface area contributed by atoms with Gasteiger partial charge in [0.05, 0.1) is 11.8 Å². The standard InChI is InChI=1S/C28H26ClNO5/c1-16(2)25(31)34-21-10-5-18(6-11-21)28(23-15-20(29)9-14-24(23)30-27(28)33)19-7-12-22(13-8-19)35-26(32)17(3)4/h5-17H,1-4H3,(H,30,33). The second-order valence-corrected chi connectivity index (χ2v) is 9.53. The molecule has 4 rings (SSSR count). The lowest BCUT2D eigenvalue weighted by molar-refractivity contribution is -0.138. The molecule has 0 saturated carbocycles. The Hall–Kier alpha value is -3.64. The number of nitrogens with one attached hydrogen (secondary N) is 1. The van der Waals surface area contributed by atoms with Crippen LogP contribution in [-0.2, 0) is 19.8 Å². The summed E-state index contributed by atoms with van der Waals surface area (Å²) in [4.78, 5) is 37.7. The summed E-state index contributed by atoms with van der Waals surface area (Å²) in [7, 11) is 0. The van der Waals surface area contributed by atoms with Gasteiger partial charge in [-0.1, -0.05) is 63.6 Å². The molecule has 180 valence electrons. The van der Waals surface area contributed by atoms with Crippen LogP contribution < -0.4 is 14.8 Å². The van der Waals surface area contributed by atoms with Crippen molar-refractivity contribution in [3.63, 3.8) is 0 Å². The molecule has 7 heteroatoms. The number of benzene rings is 3. The zero-order chi connectivity index (χ0) is 25.3. The zero-order valence-corrected chi connectivity index (χ0v) is 20.7. The zero-order valence-electron chi connectivity index (χ0n) is 19.9. The molecule has 0 radical (unpaired) electrons. The monoisotopic (exact) mass is 491 g/mol. The second kappa shape index (κ2) is 9.55. The number of rotatable bonds is 6. The summed E-state index contributed by atoms with van der Waals surface area (Å²) < 4.78 is 10.8. The summed E-state index contributed by atoms with van der Waals surface area (Å²) in [5, 5.41) is 3.46. The molecule has 3 aromatic rings. The number of amides is 1. The largest absolute Gasteiger partial charge is 0.426 e. The number of hydrogen-bond acceptors (Lipinski definition) is 5. The Morgan fingerprint density at radius 1 is 0.771 bits per heavy atom. The van der Waals surface area contributed by atoms with Gasteiger partial charge in [0.2, 0.25) is 5.91 Å². The predicted molar refractivity (Wildman–Crippen MR) is 134 cm³/mol. The van der Waals surface area contributed by atoms with E-state index in [4.69, 9.17) is 21.1 Å². The summed E-state index contributed by atoms with van der Waals surface area (Å²) in [5.41, 5.74) is 1.50. The average Bonchev–Trinajstić information content (AvgIpc) is 3.11. The van der Waals surface area contributed by atoms with Crippen molar-refractivity contribution in [1.82, 2.24) is 0 Å². The maximum atomic E-state index is 13.6. The lowest BCUT2D eigenvalue weighted by Gasteiger charge is -2.29. The SMILES string of the molecule is CC(C)C(=O)Oc1ccc(C2(c3ccc(OC(=O)C(C)C)cc3)C(=O)Nc3ccc(Cl)cc32)cc1. The first kappa shape index (κ1) is 24.5. The number of halogens is 1. The van der Waals surface area contributed by atoms with Gasteiger partial charge in [0.15, 0.2) is 0 Å². The highest BCUT2D eigenvalue weighted by Gasteiger charge is 2.50. The maximum absolute atomic E-state index is 13.6. The Kier molecular flexibility index (Phi) is 6.68. The number of ether oxygens (including phenoxy) is 2. The van der Waals surface area contributed by atoms with Crippen molar-refractivity contribution in [3.8, 4) is 11.5 Å². The highest BCUT2D eigenvalue weighted by atomic mass is 35.5. The maximum Gasteiger partial charge on any atom is 0.313 e. The molecule has 0 bridgehead atoms. The highest BCUT2D eigenvalue weighted by molar-refractivity contribution is 6.31. The Bertz CT molecular complexity index is 1210. The van der Waals surface area contributed by atoms with Crippen LogP contribution in [0.4, 0.5) is 5.69 Å². The van der Waals surface area contributed by atoms with E-state index in [2.05, 4.69) is 5.32 Å². The molecule has 1 aliphatic heterocycles. The smallest absolute Gasteiger partial charge is 0.313 e. The third kappa shape index (κ3) is 4.54. The predicted octanol–water partition coefficient (Wildman–Crippen LogP) is 5.75. The van der Waals surface area contributed by atoms with E-state index >= 15 is 0 Å². The minimum atomic E-state index is -1.21. The van der Waals surface area contributed by atoms with E-state index in [1.807, 2.05) is 0 Å². The van der Waals surface area contributed by atoms with Crippen LogP contribution in [0.25, 0.3) is 0 Å². The van der Waals surface area contributed by atoms with Crippen LogP contribution in [0.2, 0.25) is 5.02 Å². The number of esters is 2.